The molecule has 0 bridgehead atoms. The van der Waals surface area contributed by atoms with Crippen LogP contribution in [-0.4, -0.2) is 85.5 Å². The highest BCUT2D eigenvalue weighted by molar-refractivity contribution is 7.86. The number of benzene rings is 1. The second-order valence-corrected chi connectivity index (χ2v) is 24.9. The molecule has 0 aromatic heterocycles. The van der Waals surface area contributed by atoms with Crippen molar-refractivity contribution in [1.82, 2.24) is 0 Å². The highest BCUT2D eigenvalue weighted by Crippen LogP contribution is 2.49. The summed E-state index contributed by atoms with van der Waals surface area (Å²) in [5.41, 5.74) is 1.13. The number of unbranched alkanes of at least 4 members (excludes halogenated alkanes) is 20. The molecule has 1 aromatic carbocycles. The van der Waals surface area contributed by atoms with Crippen LogP contribution in [0.1, 0.15) is 180 Å². The van der Waals surface area contributed by atoms with Crippen LogP contribution in [0, 0.1) is 0 Å². The quantitative estimate of drug-likeness (QED) is 0.0274. The fraction of sp³-hybridized carbons (Fsp3) is 0.850. The lowest BCUT2D eigenvalue weighted by atomic mass is 9.91. The fourth-order valence-electron chi connectivity index (χ4n) is 7.92. The van der Waals surface area contributed by atoms with Crippen molar-refractivity contribution in [2.24, 2.45) is 0 Å². The van der Waals surface area contributed by atoms with E-state index in [9.17, 15) is 33.7 Å². The molecule has 1 rings (SSSR count). The van der Waals surface area contributed by atoms with Gasteiger partial charge in [-0.25, -0.2) is 0 Å². The zero-order valence-electron chi connectivity index (χ0n) is 35.3. The van der Waals surface area contributed by atoms with Gasteiger partial charge in [0.05, 0.1) is 33.6 Å². The molecule has 4 N–H and O–H groups in total. The summed E-state index contributed by atoms with van der Waals surface area (Å²) in [6.07, 6.45) is 23.5. The molecule has 13 nitrogen and oxygen atoms in total. The zero-order chi connectivity index (χ0) is 44.3. The molecule has 59 heavy (non-hydrogen) atoms. The van der Waals surface area contributed by atoms with Gasteiger partial charge in [0.15, 0.2) is 0 Å². The average Bonchev–Trinajstić information content (AvgIpc) is 3.11. The summed E-state index contributed by atoms with van der Waals surface area (Å²) in [6.45, 7) is 0. The molecule has 0 aliphatic rings. The molecular weight excluding hydrogens is 877 g/mol. The van der Waals surface area contributed by atoms with Crippen molar-refractivity contribution >= 4 is 64.6 Å². The first-order valence-corrected chi connectivity index (χ1v) is 29.4. The van der Waals surface area contributed by atoms with Crippen molar-refractivity contribution in [3.63, 3.8) is 0 Å². The molecule has 0 aliphatic carbocycles. The molecular formula is C40H77NO12P2S4. The van der Waals surface area contributed by atoms with E-state index in [2.05, 4.69) is 47.6 Å². The molecule has 19 heteroatoms. The van der Waals surface area contributed by atoms with Crippen molar-refractivity contribution in [1.29, 1.82) is 0 Å². The maximum absolute atomic E-state index is 11.1. The minimum absolute atomic E-state index is 0.216. The first-order chi connectivity index (χ1) is 27.6. The molecule has 0 aliphatic heterocycles. The lowest BCUT2D eigenvalue weighted by molar-refractivity contribution is 0.335. The third-order valence-corrected chi connectivity index (χ3v) is 15.8. The Bertz CT molecular complexity index is 1500. The van der Waals surface area contributed by atoms with E-state index in [0.717, 1.165) is 160 Å². The van der Waals surface area contributed by atoms with Crippen LogP contribution in [0.2, 0.25) is 0 Å². The number of hydrogen-bond acceptors (Lipinski definition) is 9. The topological polar surface area (TPSA) is 221 Å². The minimum atomic E-state index is -3.95. The molecule has 0 saturated carbocycles. The second kappa shape index (κ2) is 29.8. The van der Waals surface area contributed by atoms with Gasteiger partial charge in [0, 0.05) is 5.69 Å². The molecule has 0 heterocycles. The van der Waals surface area contributed by atoms with E-state index in [1.54, 1.807) is 0 Å². The van der Waals surface area contributed by atoms with Gasteiger partial charge in [-0.3, -0.25) is 18.2 Å². The number of hydrogen-bond donors (Lipinski definition) is 4. The molecule has 2 atom stereocenters. The van der Waals surface area contributed by atoms with Gasteiger partial charge in [0.25, 0.3) is 40.5 Å². The highest BCUT2D eigenvalue weighted by Gasteiger charge is 2.42. The van der Waals surface area contributed by atoms with Crippen LogP contribution in [0.4, 0.5) is 5.69 Å². The van der Waals surface area contributed by atoms with E-state index in [-0.39, 0.29) is 33.6 Å². The Labute approximate surface area is 363 Å². The standard InChI is InChI=1S/C40H77NO12P2S4/c42-56(43,44)34-24-13-5-1-9-20-30-39(54,31-21-10-2-6-14-25-35-57(45,46)47)41(38-28-18-17-19-29-38)40(55,32-22-11-3-7-15-26-36-58(48,49)50)33-23-12-4-8-16-27-37-59(51,52)53/h17-19,28-29H,1-16,20-27,30-37,54-55H2,(H,42,43,44)(H,45,46,47)(H,48,49,50)(H,51,52,53). The van der Waals surface area contributed by atoms with Gasteiger partial charge in [-0.15, -0.1) is 18.5 Å². The van der Waals surface area contributed by atoms with E-state index >= 15 is 0 Å². The minimum Gasteiger partial charge on any atom is -0.354 e. The first kappa shape index (κ1) is 56.5. The summed E-state index contributed by atoms with van der Waals surface area (Å²) in [7, 11) is -9.29. The summed E-state index contributed by atoms with van der Waals surface area (Å²) in [5, 5.41) is -0.630. The van der Waals surface area contributed by atoms with Gasteiger partial charge >= 0.3 is 0 Å². The Morgan fingerprint density at radius 3 is 0.780 bits per heavy atom. The maximum atomic E-state index is 11.1. The Balaban J connectivity index is 3.25. The normalized spacial score (nSPS) is 13.3. The predicted octanol–water partition coefficient (Wildman–Crippen LogP) is 10.1. The van der Waals surface area contributed by atoms with E-state index in [4.69, 9.17) is 18.2 Å². The van der Waals surface area contributed by atoms with Gasteiger partial charge in [0.2, 0.25) is 0 Å². The molecule has 2 unspecified atom stereocenters. The number of rotatable bonds is 39. The van der Waals surface area contributed by atoms with Crippen LogP contribution >= 0.6 is 18.5 Å². The molecule has 348 valence electrons. The lowest BCUT2D eigenvalue weighted by Crippen LogP contribution is -2.55. The summed E-state index contributed by atoms with van der Waals surface area (Å²) in [4.78, 5) is 2.63. The molecule has 0 radical (unpaired) electrons. The van der Waals surface area contributed by atoms with E-state index < -0.39 is 40.5 Å². The third-order valence-electron chi connectivity index (χ3n) is 11.0. The van der Waals surface area contributed by atoms with E-state index in [1.807, 2.05) is 6.07 Å². The van der Waals surface area contributed by atoms with Crippen LogP contribution in [0.3, 0.4) is 0 Å². The van der Waals surface area contributed by atoms with Gasteiger partial charge in [0.1, 0.15) is 0 Å². The highest BCUT2D eigenvalue weighted by atomic mass is 32.2. The monoisotopic (exact) mass is 953 g/mol. The van der Waals surface area contributed by atoms with E-state index in [0.29, 0.717) is 25.7 Å². The van der Waals surface area contributed by atoms with Crippen LogP contribution < -0.4 is 4.90 Å². The van der Waals surface area contributed by atoms with Crippen molar-refractivity contribution < 1.29 is 51.9 Å². The van der Waals surface area contributed by atoms with Crippen molar-refractivity contribution in [2.75, 3.05) is 27.9 Å². The largest absolute Gasteiger partial charge is 0.354 e. The van der Waals surface area contributed by atoms with Crippen LogP contribution in [0.25, 0.3) is 0 Å². The second-order valence-electron chi connectivity index (χ2n) is 16.5. The fourth-order valence-corrected chi connectivity index (χ4v) is 12.0. The van der Waals surface area contributed by atoms with Crippen molar-refractivity contribution in [3.8, 4) is 0 Å². The Kier molecular flexibility index (Phi) is 28.6. The number of anilines is 1. The van der Waals surface area contributed by atoms with Gasteiger partial charge < -0.3 is 4.90 Å². The third kappa shape index (κ3) is 31.1. The van der Waals surface area contributed by atoms with Crippen molar-refractivity contribution in [3.05, 3.63) is 30.3 Å². The number of nitrogens with zero attached hydrogens (tertiary/aromatic N) is 1. The van der Waals surface area contributed by atoms with Crippen LogP contribution in [0.15, 0.2) is 30.3 Å². The summed E-state index contributed by atoms with van der Waals surface area (Å²) in [5.74, 6) is -0.863. The molecule has 1 aromatic rings. The zero-order valence-corrected chi connectivity index (χ0v) is 40.9. The number of para-hydroxylation sites is 1. The van der Waals surface area contributed by atoms with Crippen LogP contribution in [-0.2, 0) is 40.5 Å². The lowest BCUT2D eigenvalue weighted by Gasteiger charge is -2.54. The maximum Gasteiger partial charge on any atom is 0.264 e. The smallest absolute Gasteiger partial charge is 0.264 e. The Hall–Kier alpha value is -0.480. The van der Waals surface area contributed by atoms with Crippen molar-refractivity contribution in [2.45, 2.75) is 190 Å². The summed E-state index contributed by atoms with van der Waals surface area (Å²) in [6, 6.07) is 10.5. The Morgan fingerprint density at radius 1 is 0.356 bits per heavy atom. The molecule has 0 spiro atoms. The first-order valence-electron chi connectivity index (χ1n) is 21.8. The van der Waals surface area contributed by atoms with Gasteiger partial charge in [-0.05, 0) is 63.5 Å². The molecule has 0 saturated heterocycles. The van der Waals surface area contributed by atoms with Crippen LogP contribution in [0.5, 0.6) is 0 Å². The van der Waals surface area contributed by atoms with Gasteiger partial charge in [-0.2, -0.15) is 33.7 Å². The molecule has 0 amide bonds. The summed E-state index contributed by atoms with van der Waals surface area (Å²) < 4.78 is 125. The van der Waals surface area contributed by atoms with Gasteiger partial charge in [-0.1, -0.05) is 147 Å². The predicted molar refractivity (Wildman–Crippen MR) is 249 cm³/mol. The SMILES string of the molecule is O=S(=O)(O)CCCCCCCCC(P)(CCCCCCCCS(=O)(=O)O)N(c1ccccc1)C(P)(CCCCCCCCS(=O)(=O)O)CCCCCCCCS(=O)(=O)O. The average molecular weight is 954 g/mol. The molecule has 0 fully saturated rings. The summed E-state index contributed by atoms with van der Waals surface area (Å²) >= 11 is 0. The Morgan fingerprint density at radius 2 is 0.559 bits per heavy atom. The van der Waals surface area contributed by atoms with E-state index in [1.165, 1.54) is 0 Å².